The second kappa shape index (κ2) is 6.71. The van der Waals surface area contributed by atoms with Gasteiger partial charge in [0.05, 0.1) is 23.7 Å². The molecule has 0 heterocycles. The Labute approximate surface area is 111 Å². The van der Waals surface area contributed by atoms with Crippen LogP contribution in [0, 0.1) is 11.7 Å². The summed E-state index contributed by atoms with van der Waals surface area (Å²) in [7, 11) is 0. The molecule has 0 aliphatic rings. The first-order valence-corrected chi connectivity index (χ1v) is 6.18. The zero-order chi connectivity index (χ0) is 13.7. The van der Waals surface area contributed by atoms with E-state index in [1.165, 1.54) is 12.1 Å². The topological polar surface area (TPSA) is 46.5 Å². The predicted octanol–water partition coefficient (Wildman–Crippen LogP) is 3.10. The highest BCUT2D eigenvalue weighted by atomic mass is 35.5. The fourth-order valence-corrected chi connectivity index (χ4v) is 1.81. The third-order valence-corrected chi connectivity index (χ3v) is 3.00. The summed E-state index contributed by atoms with van der Waals surface area (Å²) in [5.41, 5.74) is 0.316. The number of halogens is 2. The molecule has 1 aromatic carbocycles. The van der Waals surface area contributed by atoms with Gasteiger partial charge in [-0.2, -0.15) is 0 Å². The summed E-state index contributed by atoms with van der Waals surface area (Å²) in [6.07, 6.45) is -0.689. The van der Waals surface area contributed by atoms with Crippen molar-refractivity contribution in [2.45, 2.75) is 26.4 Å². The smallest absolute Gasteiger partial charge is 0.311 e. The van der Waals surface area contributed by atoms with Gasteiger partial charge in [-0.05, 0) is 31.0 Å². The fraction of sp³-hybridized carbons (Fsp3) is 0.462. The Bertz CT molecular complexity index is 423. The zero-order valence-electron chi connectivity index (χ0n) is 10.3. The maximum Gasteiger partial charge on any atom is 0.311 e. The van der Waals surface area contributed by atoms with Crippen LogP contribution in [0.15, 0.2) is 18.2 Å². The van der Waals surface area contributed by atoms with Gasteiger partial charge in [0, 0.05) is 0 Å². The lowest BCUT2D eigenvalue weighted by atomic mass is 9.93. The van der Waals surface area contributed by atoms with Gasteiger partial charge >= 0.3 is 5.97 Å². The molecule has 18 heavy (non-hydrogen) atoms. The number of aliphatic hydroxyl groups is 1. The van der Waals surface area contributed by atoms with Crippen LogP contribution in [0.25, 0.3) is 0 Å². The van der Waals surface area contributed by atoms with Crippen molar-refractivity contribution in [2.24, 2.45) is 5.92 Å². The lowest BCUT2D eigenvalue weighted by Crippen LogP contribution is -2.24. The van der Waals surface area contributed by atoms with E-state index in [2.05, 4.69) is 0 Å². The molecule has 0 aliphatic carbocycles. The number of hydrogen-bond acceptors (Lipinski definition) is 3. The molecule has 1 aromatic rings. The number of esters is 1. The highest BCUT2D eigenvalue weighted by Crippen LogP contribution is 2.28. The van der Waals surface area contributed by atoms with E-state index in [0.29, 0.717) is 12.0 Å². The van der Waals surface area contributed by atoms with Crippen LogP contribution < -0.4 is 0 Å². The Morgan fingerprint density at radius 1 is 1.50 bits per heavy atom. The molecule has 3 nitrogen and oxygen atoms in total. The van der Waals surface area contributed by atoms with Crippen molar-refractivity contribution in [3.05, 3.63) is 34.6 Å². The third-order valence-electron chi connectivity index (χ3n) is 2.70. The zero-order valence-corrected chi connectivity index (χ0v) is 11.1. The number of ether oxygens (including phenoxy) is 1. The molecule has 2 unspecified atom stereocenters. The molecule has 0 fully saturated rings. The number of rotatable bonds is 5. The van der Waals surface area contributed by atoms with Gasteiger partial charge in [0.2, 0.25) is 0 Å². The first-order chi connectivity index (χ1) is 8.51. The quantitative estimate of drug-likeness (QED) is 0.839. The number of carbonyl (C=O) groups excluding carboxylic acids is 1. The third kappa shape index (κ3) is 3.43. The summed E-state index contributed by atoms with van der Waals surface area (Å²) < 4.78 is 18.2. The normalized spacial score (nSPS) is 14.1. The van der Waals surface area contributed by atoms with Gasteiger partial charge in [-0.25, -0.2) is 4.39 Å². The Balaban J connectivity index is 2.92. The van der Waals surface area contributed by atoms with E-state index in [1.807, 2.05) is 0 Å². The van der Waals surface area contributed by atoms with Crippen LogP contribution in [0.2, 0.25) is 5.02 Å². The number of carbonyl (C=O) groups is 1. The maximum atomic E-state index is 13.3. The summed E-state index contributed by atoms with van der Waals surface area (Å²) in [6.45, 7) is 3.70. The Hall–Kier alpha value is -1.13. The largest absolute Gasteiger partial charge is 0.466 e. The number of aliphatic hydroxyl groups excluding tert-OH is 1. The molecule has 1 rings (SSSR count). The first kappa shape index (κ1) is 14.9. The van der Waals surface area contributed by atoms with Crippen LogP contribution in [-0.4, -0.2) is 17.7 Å². The molecule has 0 aliphatic heterocycles. The molecule has 1 N–H and O–H groups in total. The lowest BCUT2D eigenvalue weighted by Gasteiger charge is -2.20. The summed E-state index contributed by atoms with van der Waals surface area (Å²) >= 11 is 5.56. The minimum atomic E-state index is -1.10. The highest BCUT2D eigenvalue weighted by Gasteiger charge is 2.28. The number of benzene rings is 1. The molecule has 0 amide bonds. The average molecular weight is 275 g/mol. The van der Waals surface area contributed by atoms with Crippen molar-refractivity contribution in [3.8, 4) is 0 Å². The van der Waals surface area contributed by atoms with Crippen LogP contribution in [-0.2, 0) is 9.53 Å². The van der Waals surface area contributed by atoms with E-state index < -0.39 is 23.8 Å². The molecule has 0 saturated carbocycles. The molecule has 0 radical (unpaired) electrons. The van der Waals surface area contributed by atoms with Crippen molar-refractivity contribution < 1.29 is 19.0 Å². The van der Waals surface area contributed by atoms with E-state index in [9.17, 15) is 14.3 Å². The summed E-state index contributed by atoms with van der Waals surface area (Å²) in [5.74, 6) is -1.81. The van der Waals surface area contributed by atoms with Crippen LogP contribution in [0.3, 0.4) is 0 Å². The first-order valence-electron chi connectivity index (χ1n) is 5.80. The van der Waals surface area contributed by atoms with Crippen LogP contribution in [0.5, 0.6) is 0 Å². The number of hydrogen-bond donors (Lipinski definition) is 1. The Kier molecular flexibility index (Phi) is 5.56. The van der Waals surface area contributed by atoms with Gasteiger partial charge < -0.3 is 9.84 Å². The monoisotopic (exact) mass is 274 g/mol. The fourth-order valence-electron chi connectivity index (χ4n) is 1.70. The van der Waals surface area contributed by atoms with Crippen molar-refractivity contribution in [2.75, 3.05) is 6.61 Å². The highest BCUT2D eigenvalue weighted by molar-refractivity contribution is 6.30. The maximum absolute atomic E-state index is 13.3. The second-order valence-corrected chi connectivity index (χ2v) is 4.29. The van der Waals surface area contributed by atoms with Crippen molar-refractivity contribution in [3.63, 3.8) is 0 Å². The second-order valence-electron chi connectivity index (χ2n) is 3.89. The molecule has 0 spiro atoms. The van der Waals surface area contributed by atoms with Crippen LogP contribution in [0.4, 0.5) is 4.39 Å². The predicted molar refractivity (Wildman–Crippen MR) is 66.8 cm³/mol. The van der Waals surface area contributed by atoms with Gasteiger partial charge in [-0.3, -0.25) is 4.79 Å². The molecule has 0 saturated heterocycles. The van der Waals surface area contributed by atoms with Gasteiger partial charge in [0.15, 0.2) is 0 Å². The summed E-state index contributed by atoms with van der Waals surface area (Å²) in [6, 6.07) is 3.99. The van der Waals surface area contributed by atoms with Gasteiger partial charge in [0.25, 0.3) is 0 Å². The molecule has 0 aromatic heterocycles. The standard InChI is InChI=1S/C13H16ClFO3/c1-3-9(13(17)18-4-2)12(16)8-5-6-10(14)11(15)7-8/h5-7,9,12,16H,3-4H2,1-2H3. The SMILES string of the molecule is CCOC(=O)C(CC)C(O)c1ccc(Cl)c(F)c1. The van der Waals surface area contributed by atoms with Crippen molar-refractivity contribution in [1.29, 1.82) is 0 Å². The Morgan fingerprint density at radius 2 is 2.17 bits per heavy atom. The van der Waals surface area contributed by atoms with Gasteiger partial charge in [-0.1, -0.05) is 24.6 Å². The van der Waals surface area contributed by atoms with E-state index in [1.54, 1.807) is 13.8 Å². The van der Waals surface area contributed by atoms with Crippen molar-refractivity contribution >= 4 is 17.6 Å². The molecule has 5 heteroatoms. The van der Waals surface area contributed by atoms with Crippen molar-refractivity contribution in [1.82, 2.24) is 0 Å². The lowest BCUT2D eigenvalue weighted by molar-refractivity contribution is -0.152. The van der Waals surface area contributed by atoms with Crippen LogP contribution >= 0.6 is 11.6 Å². The average Bonchev–Trinajstić information content (AvgIpc) is 2.33. The van der Waals surface area contributed by atoms with E-state index >= 15 is 0 Å². The minimum Gasteiger partial charge on any atom is -0.466 e. The minimum absolute atomic E-state index is 0.0184. The summed E-state index contributed by atoms with van der Waals surface area (Å²) in [4.78, 5) is 11.6. The molecule has 2 atom stereocenters. The van der Waals surface area contributed by atoms with Gasteiger partial charge in [-0.15, -0.1) is 0 Å². The van der Waals surface area contributed by atoms with E-state index in [0.717, 1.165) is 6.07 Å². The molecule has 0 bridgehead atoms. The van der Waals surface area contributed by atoms with E-state index in [-0.39, 0.29) is 11.6 Å². The Morgan fingerprint density at radius 3 is 2.67 bits per heavy atom. The summed E-state index contributed by atoms with van der Waals surface area (Å²) in [5, 5.41) is 10.1. The molecular weight excluding hydrogens is 259 g/mol. The molecular formula is C13H16ClFO3. The van der Waals surface area contributed by atoms with E-state index in [4.69, 9.17) is 16.3 Å². The van der Waals surface area contributed by atoms with Crippen LogP contribution in [0.1, 0.15) is 31.9 Å². The van der Waals surface area contributed by atoms with Gasteiger partial charge in [0.1, 0.15) is 5.82 Å². The molecule has 100 valence electrons.